The number of aryl methyl sites for hydroxylation is 1. The lowest BCUT2D eigenvalue weighted by Crippen LogP contribution is -2.08. The predicted octanol–water partition coefficient (Wildman–Crippen LogP) is 4.62. The van der Waals surface area contributed by atoms with Crippen molar-refractivity contribution in [3.63, 3.8) is 0 Å². The molecule has 0 radical (unpaired) electrons. The largest absolute Gasteiger partial charge is 0.494 e. The molecule has 0 aromatic heterocycles. The molecule has 0 bridgehead atoms. The van der Waals surface area contributed by atoms with Crippen LogP contribution in [0.3, 0.4) is 0 Å². The topological polar surface area (TPSA) is 58.6 Å². The number of ether oxygens (including phenoxy) is 1. The molecule has 0 heterocycles. The SMILES string of the molecule is Cc1cc(OCCCCNc2ccccc2C(=O)O)ccc1Cl. The second kappa shape index (κ2) is 8.44. The van der Waals surface area contributed by atoms with Gasteiger partial charge in [0, 0.05) is 17.3 Å². The number of carboxylic acid groups (broad SMARTS) is 1. The molecular weight excluding hydrogens is 314 g/mol. The molecule has 0 aliphatic rings. The molecule has 5 heteroatoms. The fourth-order valence-electron chi connectivity index (χ4n) is 2.17. The van der Waals surface area contributed by atoms with Gasteiger partial charge in [-0.15, -0.1) is 0 Å². The van der Waals surface area contributed by atoms with E-state index in [1.165, 1.54) is 0 Å². The lowest BCUT2D eigenvalue weighted by atomic mass is 10.1. The van der Waals surface area contributed by atoms with E-state index in [1.54, 1.807) is 18.2 Å². The quantitative estimate of drug-likeness (QED) is 0.692. The first kappa shape index (κ1) is 17.2. The number of halogens is 1. The van der Waals surface area contributed by atoms with Crippen LogP contribution in [0.25, 0.3) is 0 Å². The summed E-state index contributed by atoms with van der Waals surface area (Å²) in [6.07, 6.45) is 1.77. The third kappa shape index (κ3) is 5.18. The number of hydrogen-bond acceptors (Lipinski definition) is 3. The summed E-state index contributed by atoms with van der Waals surface area (Å²) in [5.74, 6) is -0.106. The number of anilines is 1. The third-order valence-electron chi connectivity index (χ3n) is 3.44. The Bertz CT molecular complexity index is 673. The zero-order valence-corrected chi connectivity index (χ0v) is 13.8. The molecule has 0 saturated carbocycles. The molecule has 2 aromatic carbocycles. The molecule has 2 N–H and O–H groups in total. The minimum atomic E-state index is -0.922. The molecule has 0 aliphatic heterocycles. The summed E-state index contributed by atoms with van der Waals surface area (Å²) in [6, 6.07) is 12.5. The number of carboxylic acids is 1. The van der Waals surface area contributed by atoms with Crippen molar-refractivity contribution < 1.29 is 14.6 Å². The Morgan fingerprint density at radius 1 is 1.22 bits per heavy atom. The van der Waals surface area contributed by atoms with Crippen LogP contribution in [-0.2, 0) is 0 Å². The van der Waals surface area contributed by atoms with Crippen molar-refractivity contribution in [1.29, 1.82) is 0 Å². The molecule has 0 amide bonds. The third-order valence-corrected chi connectivity index (χ3v) is 3.87. The average Bonchev–Trinajstić information content (AvgIpc) is 2.54. The number of aromatic carboxylic acids is 1. The number of unbranched alkanes of at least 4 members (excludes halogenated alkanes) is 1. The van der Waals surface area contributed by atoms with Crippen LogP contribution in [0.15, 0.2) is 42.5 Å². The molecular formula is C18H20ClNO3. The van der Waals surface area contributed by atoms with E-state index >= 15 is 0 Å². The highest BCUT2D eigenvalue weighted by atomic mass is 35.5. The van der Waals surface area contributed by atoms with Crippen molar-refractivity contribution in [2.75, 3.05) is 18.5 Å². The number of benzene rings is 2. The van der Waals surface area contributed by atoms with E-state index in [1.807, 2.05) is 31.2 Å². The van der Waals surface area contributed by atoms with Crippen molar-refractivity contribution in [3.05, 3.63) is 58.6 Å². The summed E-state index contributed by atoms with van der Waals surface area (Å²) in [5.41, 5.74) is 1.94. The summed E-state index contributed by atoms with van der Waals surface area (Å²) < 4.78 is 5.68. The van der Waals surface area contributed by atoms with Crippen LogP contribution in [0, 0.1) is 6.92 Å². The highest BCUT2D eigenvalue weighted by molar-refractivity contribution is 6.31. The van der Waals surface area contributed by atoms with E-state index < -0.39 is 5.97 Å². The minimum Gasteiger partial charge on any atom is -0.494 e. The van der Waals surface area contributed by atoms with E-state index in [9.17, 15) is 4.79 Å². The second-order valence-corrected chi connectivity index (χ2v) is 5.65. The summed E-state index contributed by atoms with van der Waals surface area (Å²) >= 11 is 5.97. The van der Waals surface area contributed by atoms with Crippen LogP contribution >= 0.6 is 11.6 Å². The van der Waals surface area contributed by atoms with Gasteiger partial charge in [-0.25, -0.2) is 4.79 Å². The van der Waals surface area contributed by atoms with Gasteiger partial charge in [0.1, 0.15) is 5.75 Å². The van der Waals surface area contributed by atoms with Gasteiger partial charge in [-0.3, -0.25) is 0 Å². The minimum absolute atomic E-state index is 0.292. The number of rotatable bonds is 8. The molecule has 4 nitrogen and oxygen atoms in total. The maximum atomic E-state index is 11.1. The Morgan fingerprint density at radius 2 is 2.00 bits per heavy atom. The smallest absolute Gasteiger partial charge is 0.337 e. The normalized spacial score (nSPS) is 10.3. The molecule has 0 fully saturated rings. The maximum Gasteiger partial charge on any atom is 0.337 e. The standard InChI is InChI=1S/C18H20ClNO3/c1-13-12-14(8-9-16(13)19)23-11-5-4-10-20-17-7-3-2-6-15(17)18(21)22/h2-3,6-9,12,20H,4-5,10-11H2,1H3,(H,21,22). The van der Waals surface area contributed by atoms with Gasteiger partial charge in [0.2, 0.25) is 0 Å². The number of nitrogens with one attached hydrogen (secondary N) is 1. The van der Waals surface area contributed by atoms with Gasteiger partial charge in [-0.05, 0) is 55.7 Å². The Hall–Kier alpha value is -2.20. The van der Waals surface area contributed by atoms with E-state index in [0.29, 0.717) is 24.4 Å². The first-order valence-corrected chi connectivity index (χ1v) is 7.91. The monoisotopic (exact) mass is 333 g/mol. The fraction of sp³-hybridized carbons (Fsp3) is 0.278. The molecule has 23 heavy (non-hydrogen) atoms. The maximum absolute atomic E-state index is 11.1. The van der Waals surface area contributed by atoms with Crippen molar-refractivity contribution in [2.24, 2.45) is 0 Å². The molecule has 2 rings (SSSR count). The van der Waals surface area contributed by atoms with Crippen LogP contribution < -0.4 is 10.1 Å². The van der Waals surface area contributed by atoms with Crippen LogP contribution in [0.2, 0.25) is 5.02 Å². The molecule has 0 spiro atoms. The van der Waals surface area contributed by atoms with Crippen molar-refractivity contribution in [2.45, 2.75) is 19.8 Å². The second-order valence-electron chi connectivity index (χ2n) is 5.24. The number of carbonyl (C=O) groups is 1. The lowest BCUT2D eigenvalue weighted by Gasteiger charge is -2.10. The van der Waals surface area contributed by atoms with Crippen molar-refractivity contribution in [3.8, 4) is 5.75 Å². The zero-order chi connectivity index (χ0) is 16.7. The van der Waals surface area contributed by atoms with Gasteiger partial charge < -0.3 is 15.2 Å². The summed E-state index contributed by atoms with van der Waals surface area (Å²) in [4.78, 5) is 11.1. The van der Waals surface area contributed by atoms with Gasteiger partial charge in [-0.1, -0.05) is 23.7 Å². The zero-order valence-electron chi connectivity index (χ0n) is 13.0. The van der Waals surface area contributed by atoms with Crippen molar-refractivity contribution in [1.82, 2.24) is 0 Å². The number of para-hydroxylation sites is 1. The molecule has 0 unspecified atom stereocenters. The van der Waals surface area contributed by atoms with Crippen molar-refractivity contribution >= 4 is 23.3 Å². The summed E-state index contributed by atoms with van der Waals surface area (Å²) in [5, 5.41) is 13.0. The highest BCUT2D eigenvalue weighted by Crippen LogP contribution is 2.21. The van der Waals surface area contributed by atoms with Crippen LogP contribution in [0.5, 0.6) is 5.75 Å². The molecule has 2 aromatic rings. The van der Waals surface area contributed by atoms with E-state index in [4.69, 9.17) is 21.4 Å². The van der Waals surface area contributed by atoms with E-state index in [2.05, 4.69) is 5.32 Å². The Balaban J connectivity index is 1.70. The molecule has 0 saturated heterocycles. The predicted molar refractivity (Wildman–Crippen MR) is 92.8 cm³/mol. The van der Waals surface area contributed by atoms with Gasteiger partial charge >= 0.3 is 5.97 Å². The molecule has 0 atom stereocenters. The summed E-state index contributed by atoms with van der Waals surface area (Å²) in [6.45, 7) is 3.26. The van der Waals surface area contributed by atoms with Gasteiger partial charge in [-0.2, -0.15) is 0 Å². The molecule has 122 valence electrons. The first-order valence-electron chi connectivity index (χ1n) is 7.53. The first-order chi connectivity index (χ1) is 11.1. The van der Waals surface area contributed by atoms with Gasteiger partial charge in [0.25, 0.3) is 0 Å². The van der Waals surface area contributed by atoms with E-state index in [-0.39, 0.29) is 0 Å². The van der Waals surface area contributed by atoms with E-state index in [0.717, 1.165) is 29.2 Å². The van der Waals surface area contributed by atoms with Gasteiger partial charge in [0.15, 0.2) is 0 Å². The average molecular weight is 334 g/mol. The summed E-state index contributed by atoms with van der Waals surface area (Å²) in [7, 11) is 0. The highest BCUT2D eigenvalue weighted by Gasteiger charge is 2.07. The fourth-order valence-corrected chi connectivity index (χ4v) is 2.29. The Kier molecular flexibility index (Phi) is 6.29. The number of hydrogen-bond donors (Lipinski definition) is 2. The van der Waals surface area contributed by atoms with Crippen LogP contribution in [-0.4, -0.2) is 24.2 Å². The van der Waals surface area contributed by atoms with Gasteiger partial charge in [0.05, 0.1) is 12.2 Å². The lowest BCUT2D eigenvalue weighted by molar-refractivity contribution is 0.0698. The Morgan fingerprint density at radius 3 is 2.74 bits per heavy atom. The Labute approximate surface area is 141 Å². The van der Waals surface area contributed by atoms with Crippen LogP contribution in [0.4, 0.5) is 5.69 Å². The van der Waals surface area contributed by atoms with Crippen LogP contribution in [0.1, 0.15) is 28.8 Å². The molecule has 0 aliphatic carbocycles.